The first-order chi connectivity index (χ1) is 7.33. The van der Waals surface area contributed by atoms with Crippen LogP contribution < -0.4 is 14.8 Å². The van der Waals surface area contributed by atoms with Gasteiger partial charge in [-0.05, 0) is 49.2 Å². The van der Waals surface area contributed by atoms with Gasteiger partial charge in [0.2, 0.25) is 0 Å². The molecule has 82 valence electrons. The maximum absolute atomic E-state index is 5.34. The summed E-state index contributed by atoms with van der Waals surface area (Å²) in [5.74, 6) is 2.60. The van der Waals surface area contributed by atoms with Gasteiger partial charge in [-0.15, -0.1) is 0 Å². The van der Waals surface area contributed by atoms with Crippen LogP contribution in [0.1, 0.15) is 5.56 Å². The average molecular weight is 207 g/mol. The molecule has 0 aromatic heterocycles. The lowest BCUT2D eigenvalue weighted by molar-refractivity contribution is 0.337. The lowest BCUT2D eigenvalue weighted by atomic mass is 9.94. The van der Waals surface area contributed by atoms with E-state index in [1.54, 1.807) is 14.2 Å². The zero-order valence-electron chi connectivity index (χ0n) is 9.25. The highest BCUT2D eigenvalue weighted by Gasteiger charge is 2.19. The van der Waals surface area contributed by atoms with Crippen LogP contribution in [0.25, 0.3) is 0 Å². The second-order valence-corrected chi connectivity index (χ2v) is 3.91. The fourth-order valence-electron chi connectivity index (χ4n) is 1.85. The average Bonchev–Trinajstić information content (AvgIpc) is 2.23. The lowest BCUT2D eigenvalue weighted by Crippen LogP contribution is -2.43. The molecule has 3 heteroatoms. The number of rotatable bonds is 4. The Kier molecular flexibility index (Phi) is 3.11. The Hall–Kier alpha value is -1.22. The quantitative estimate of drug-likeness (QED) is 0.811. The van der Waals surface area contributed by atoms with Crippen molar-refractivity contribution < 1.29 is 9.47 Å². The highest BCUT2D eigenvalue weighted by molar-refractivity contribution is 5.40. The molecular formula is C12H17NO2. The number of benzene rings is 1. The molecule has 1 aromatic rings. The Morgan fingerprint density at radius 1 is 1.27 bits per heavy atom. The van der Waals surface area contributed by atoms with Gasteiger partial charge in [0.25, 0.3) is 0 Å². The smallest absolute Gasteiger partial charge is 0.122 e. The first-order valence-corrected chi connectivity index (χ1v) is 5.25. The van der Waals surface area contributed by atoms with Crippen molar-refractivity contribution in [2.75, 3.05) is 27.3 Å². The minimum atomic E-state index is 0.742. The molecular weight excluding hydrogens is 190 g/mol. The Balaban J connectivity index is 2.16. The molecule has 0 atom stereocenters. The van der Waals surface area contributed by atoms with Crippen molar-refractivity contribution in [1.82, 2.24) is 5.32 Å². The maximum atomic E-state index is 5.34. The van der Waals surface area contributed by atoms with Gasteiger partial charge in [-0.2, -0.15) is 0 Å². The number of ether oxygens (including phenoxy) is 2. The monoisotopic (exact) mass is 207 g/mol. The Labute approximate surface area is 90.4 Å². The fourth-order valence-corrected chi connectivity index (χ4v) is 1.85. The van der Waals surface area contributed by atoms with E-state index in [1.807, 2.05) is 12.1 Å². The van der Waals surface area contributed by atoms with E-state index in [9.17, 15) is 0 Å². The van der Waals surface area contributed by atoms with Crippen molar-refractivity contribution in [3.63, 3.8) is 0 Å². The van der Waals surface area contributed by atoms with Gasteiger partial charge in [0.1, 0.15) is 11.5 Å². The van der Waals surface area contributed by atoms with Crippen LogP contribution in [0.4, 0.5) is 0 Å². The largest absolute Gasteiger partial charge is 0.497 e. The number of nitrogens with one attached hydrogen (secondary N) is 1. The summed E-state index contributed by atoms with van der Waals surface area (Å²) in [4.78, 5) is 0. The summed E-state index contributed by atoms with van der Waals surface area (Å²) in [6.45, 7) is 2.22. The molecule has 15 heavy (non-hydrogen) atoms. The summed E-state index contributed by atoms with van der Waals surface area (Å²) in [6.07, 6.45) is 1.06. The molecule has 1 fully saturated rings. The highest BCUT2D eigenvalue weighted by atomic mass is 16.5. The van der Waals surface area contributed by atoms with E-state index >= 15 is 0 Å². The molecule has 0 amide bonds. The van der Waals surface area contributed by atoms with Gasteiger partial charge in [0.05, 0.1) is 14.2 Å². The minimum Gasteiger partial charge on any atom is -0.497 e. The number of methoxy groups -OCH3 is 2. The molecule has 3 nitrogen and oxygen atoms in total. The molecule has 0 bridgehead atoms. The van der Waals surface area contributed by atoms with Gasteiger partial charge in [-0.25, -0.2) is 0 Å². The molecule has 0 radical (unpaired) electrons. The second kappa shape index (κ2) is 4.53. The van der Waals surface area contributed by atoms with Crippen LogP contribution in [0.15, 0.2) is 18.2 Å². The van der Waals surface area contributed by atoms with Crippen molar-refractivity contribution >= 4 is 0 Å². The summed E-state index contributed by atoms with van der Waals surface area (Å²) in [6, 6.07) is 5.97. The molecule has 1 aromatic carbocycles. The third-order valence-electron chi connectivity index (χ3n) is 2.86. The summed E-state index contributed by atoms with van der Waals surface area (Å²) >= 11 is 0. The molecule has 1 aliphatic rings. The van der Waals surface area contributed by atoms with E-state index < -0.39 is 0 Å². The van der Waals surface area contributed by atoms with E-state index in [0.717, 1.165) is 36.9 Å². The zero-order chi connectivity index (χ0) is 10.7. The molecule has 0 unspecified atom stereocenters. The van der Waals surface area contributed by atoms with Crippen molar-refractivity contribution in [2.24, 2.45) is 5.92 Å². The van der Waals surface area contributed by atoms with E-state index in [2.05, 4.69) is 11.4 Å². The normalized spacial score (nSPS) is 15.9. The zero-order valence-corrected chi connectivity index (χ0v) is 9.25. The van der Waals surface area contributed by atoms with E-state index in [4.69, 9.17) is 9.47 Å². The minimum absolute atomic E-state index is 0.742. The summed E-state index contributed by atoms with van der Waals surface area (Å²) < 4.78 is 10.6. The fraction of sp³-hybridized carbons (Fsp3) is 0.500. The van der Waals surface area contributed by atoms with E-state index in [1.165, 1.54) is 5.56 Å². The molecule has 1 N–H and O–H groups in total. The molecule has 1 aliphatic heterocycles. The van der Waals surface area contributed by atoms with Crippen LogP contribution in [0.2, 0.25) is 0 Å². The summed E-state index contributed by atoms with van der Waals surface area (Å²) in [5.41, 5.74) is 1.24. The third kappa shape index (κ3) is 2.23. The van der Waals surface area contributed by atoms with Crippen LogP contribution in [-0.4, -0.2) is 27.3 Å². The van der Waals surface area contributed by atoms with Gasteiger partial charge in [0.15, 0.2) is 0 Å². The van der Waals surface area contributed by atoms with Gasteiger partial charge in [0, 0.05) is 0 Å². The summed E-state index contributed by atoms with van der Waals surface area (Å²) in [5, 5.41) is 3.28. The van der Waals surface area contributed by atoms with Crippen LogP contribution in [0, 0.1) is 5.92 Å². The van der Waals surface area contributed by atoms with Gasteiger partial charge in [-0.1, -0.05) is 0 Å². The molecule has 0 aliphatic carbocycles. The third-order valence-corrected chi connectivity index (χ3v) is 2.86. The number of hydrogen-bond donors (Lipinski definition) is 1. The Morgan fingerprint density at radius 2 is 2.07 bits per heavy atom. The van der Waals surface area contributed by atoms with Crippen molar-refractivity contribution in [2.45, 2.75) is 6.42 Å². The molecule has 1 saturated heterocycles. The topological polar surface area (TPSA) is 30.5 Å². The lowest BCUT2D eigenvalue weighted by Gasteiger charge is -2.27. The van der Waals surface area contributed by atoms with Crippen molar-refractivity contribution in [3.05, 3.63) is 23.8 Å². The standard InChI is InChI=1S/C12H17NO2/c1-14-11-3-4-12(15-2)10(6-11)5-9-7-13-8-9/h3-4,6,9,13H,5,7-8H2,1-2H3. The van der Waals surface area contributed by atoms with E-state index in [-0.39, 0.29) is 0 Å². The highest BCUT2D eigenvalue weighted by Crippen LogP contribution is 2.27. The Morgan fingerprint density at radius 3 is 2.60 bits per heavy atom. The first-order valence-electron chi connectivity index (χ1n) is 5.25. The van der Waals surface area contributed by atoms with E-state index in [0.29, 0.717) is 0 Å². The van der Waals surface area contributed by atoms with Crippen LogP contribution in [-0.2, 0) is 6.42 Å². The van der Waals surface area contributed by atoms with Crippen molar-refractivity contribution in [1.29, 1.82) is 0 Å². The van der Waals surface area contributed by atoms with Crippen molar-refractivity contribution in [3.8, 4) is 11.5 Å². The Bertz CT molecular complexity index is 334. The molecule has 2 rings (SSSR count). The molecule has 0 saturated carbocycles. The molecule has 1 heterocycles. The SMILES string of the molecule is COc1ccc(OC)c(CC2CNC2)c1. The second-order valence-electron chi connectivity index (χ2n) is 3.91. The first kappa shape index (κ1) is 10.3. The predicted molar refractivity (Wildman–Crippen MR) is 59.6 cm³/mol. The summed E-state index contributed by atoms with van der Waals surface area (Å²) in [7, 11) is 3.40. The van der Waals surface area contributed by atoms with Crippen LogP contribution in [0.5, 0.6) is 11.5 Å². The maximum Gasteiger partial charge on any atom is 0.122 e. The predicted octanol–water partition coefficient (Wildman–Crippen LogP) is 1.47. The number of hydrogen-bond acceptors (Lipinski definition) is 3. The van der Waals surface area contributed by atoms with Gasteiger partial charge in [-0.3, -0.25) is 0 Å². The van der Waals surface area contributed by atoms with Gasteiger partial charge >= 0.3 is 0 Å². The van der Waals surface area contributed by atoms with Crippen LogP contribution in [0.3, 0.4) is 0 Å². The van der Waals surface area contributed by atoms with Gasteiger partial charge < -0.3 is 14.8 Å². The molecule has 0 spiro atoms. The van der Waals surface area contributed by atoms with Crippen LogP contribution >= 0.6 is 0 Å².